The molecule has 7 nitrogen and oxygen atoms in total. The topological polar surface area (TPSA) is 114 Å². The number of nitrogens with one attached hydrogen (secondary N) is 2. The van der Waals surface area contributed by atoms with Crippen molar-refractivity contribution in [2.24, 2.45) is 5.73 Å². The summed E-state index contributed by atoms with van der Waals surface area (Å²) < 4.78 is 5.40. The Morgan fingerprint density at radius 2 is 2.07 bits per heavy atom. The zero-order valence-corrected chi connectivity index (χ0v) is 16.7. The summed E-state index contributed by atoms with van der Waals surface area (Å²) in [6.07, 6.45) is 3.15. The van der Waals surface area contributed by atoms with Crippen LogP contribution in [0.1, 0.15) is 26.6 Å². The number of furan rings is 1. The molecular formula is C20H16N4O3S2. The van der Waals surface area contributed by atoms with Gasteiger partial charge in [-0.15, -0.1) is 23.1 Å². The number of thioether (sulfide) groups is 1. The lowest BCUT2D eigenvalue weighted by molar-refractivity contribution is 0.0988. The number of anilines is 1. The molecule has 0 aliphatic rings. The van der Waals surface area contributed by atoms with Gasteiger partial charge in [-0.3, -0.25) is 14.9 Å². The van der Waals surface area contributed by atoms with Crippen LogP contribution in [-0.2, 0) is 5.75 Å². The summed E-state index contributed by atoms with van der Waals surface area (Å²) in [7, 11) is 0. The number of carbonyl (C=O) groups excluding carboxylic acids is 2. The van der Waals surface area contributed by atoms with Crippen molar-refractivity contribution in [2.45, 2.75) is 10.6 Å². The molecule has 4 aromatic rings. The van der Waals surface area contributed by atoms with Gasteiger partial charge in [0.2, 0.25) is 0 Å². The summed E-state index contributed by atoms with van der Waals surface area (Å²) in [5.41, 5.74) is 7.71. The van der Waals surface area contributed by atoms with Gasteiger partial charge < -0.3 is 15.1 Å². The predicted molar refractivity (Wildman–Crippen MR) is 113 cm³/mol. The number of benzene rings is 1. The number of thiazole rings is 1. The minimum Gasteiger partial charge on any atom is -0.459 e. The van der Waals surface area contributed by atoms with Crippen molar-refractivity contribution < 1.29 is 14.0 Å². The molecule has 3 aromatic heterocycles. The summed E-state index contributed by atoms with van der Waals surface area (Å²) in [5, 5.41) is 4.99. The highest BCUT2D eigenvalue weighted by Crippen LogP contribution is 2.28. The van der Waals surface area contributed by atoms with Crippen LogP contribution in [0.25, 0.3) is 11.3 Å². The molecule has 0 saturated heterocycles. The molecule has 3 heterocycles. The van der Waals surface area contributed by atoms with Crippen LogP contribution in [0, 0.1) is 0 Å². The Balaban J connectivity index is 1.43. The molecule has 4 N–H and O–H groups in total. The zero-order valence-electron chi connectivity index (χ0n) is 15.0. The van der Waals surface area contributed by atoms with Gasteiger partial charge >= 0.3 is 0 Å². The second-order valence-corrected chi connectivity index (χ2v) is 7.94. The summed E-state index contributed by atoms with van der Waals surface area (Å²) >= 11 is 2.91. The Morgan fingerprint density at radius 3 is 2.83 bits per heavy atom. The van der Waals surface area contributed by atoms with Crippen LogP contribution in [0.15, 0.2) is 69.6 Å². The fourth-order valence-electron chi connectivity index (χ4n) is 2.63. The molecule has 9 heteroatoms. The van der Waals surface area contributed by atoms with Crippen LogP contribution in [-0.4, -0.2) is 21.8 Å². The number of aromatic nitrogens is 2. The minimum atomic E-state index is -0.543. The van der Waals surface area contributed by atoms with E-state index in [1.54, 1.807) is 35.5 Å². The van der Waals surface area contributed by atoms with Gasteiger partial charge in [0, 0.05) is 33.4 Å². The first-order valence-corrected chi connectivity index (χ1v) is 10.5. The zero-order chi connectivity index (χ0) is 20.2. The quantitative estimate of drug-likeness (QED) is 0.381. The fourth-order valence-corrected chi connectivity index (χ4v) is 4.24. The van der Waals surface area contributed by atoms with E-state index in [-0.39, 0.29) is 11.7 Å². The number of nitrogens with zero attached hydrogens (tertiary/aromatic N) is 1. The van der Waals surface area contributed by atoms with E-state index in [1.165, 1.54) is 17.6 Å². The van der Waals surface area contributed by atoms with Crippen LogP contribution < -0.4 is 11.1 Å². The lowest BCUT2D eigenvalue weighted by Gasteiger charge is -2.03. The lowest BCUT2D eigenvalue weighted by Crippen LogP contribution is -2.12. The van der Waals surface area contributed by atoms with E-state index in [4.69, 9.17) is 10.2 Å². The number of aromatic amines is 1. The number of nitrogens with two attached hydrogens (primary N) is 1. The molecule has 0 saturated carbocycles. The number of H-pyrrole nitrogens is 1. The second-order valence-electron chi connectivity index (χ2n) is 6.03. The molecule has 1 aromatic carbocycles. The molecule has 0 fully saturated rings. The molecule has 0 bridgehead atoms. The highest BCUT2D eigenvalue weighted by Gasteiger charge is 2.18. The van der Waals surface area contributed by atoms with Gasteiger partial charge in [-0.05, 0) is 24.3 Å². The smallest absolute Gasteiger partial charge is 0.293 e. The Kier molecular flexibility index (Phi) is 5.50. The molecule has 29 heavy (non-hydrogen) atoms. The predicted octanol–water partition coefficient (Wildman–Crippen LogP) is 4.37. The van der Waals surface area contributed by atoms with Crippen LogP contribution in [0.2, 0.25) is 0 Å². The van der Waals surface area contributed by atoms with Crippen molar-refractivity contribution in [2.75, 3.05) is 5.32 Å². The summed E-state index contributed by atoms with van der Waals surface area (Å²) in [4.78, 5) is 32.1. The molecule has 0 spiro atoms. The third-order valence-electron chi connectivity index (χ3n) is 4.06. The van der Waals surface area contributed by atoms with Gasteiger partial charge in [-0.1, -0.05) is 18.2 Å². The third kappa shape index (κ3) is 4.41. The number of primary amides is 1. The van der Waals surface area contributed by atoms with Crippen molar-refractivity contribution in [1.29, 1.82) is 0 Å². The highest BCUT2D eigenvalue weighted by molar-refractivity contribution is 7.98. The average Bonchev–Trinajstić information content (AvgIpc) is 3.47. The van der Waals surface area contributed by atoms with Crippen molar-refractivity contribution in [1.82, 2.24) is 9.97 Å². The van der Waals surface area contributed by atoms with E-state index in [2.05, 4.69) is 15.3 Å². The Morgan fingerprint density at radius 1 is 1.24 bits per heavy atom. The molecule has 4 rings (SSSR count). The van der Waals surface area contributed by atoms with Crippen molar-refractivity contribution in [3.05, 3.63) is 77.3 Å². The first-order valence-electron chi connectivity index (χ1n) is 8.60. The third-order valence-corrected chi connectivity index (χ3v) is 5.88. The molecule has 0 aliphatic carbocycles. The maximum absolute atomic E-state index is 12.6. The summed E-state index contributed by atoms with van der Waals surface area (Å²) in [6.45, 7) is 0. The largest absolute Gasteiger partial charge is 0.459 e. The molecule has 0 unspecified atom stereocenters. The maximum Gasteiger partial charge on any atom is 0.293 e. The molecule has 0 radical (unpaired) electrons. The Labute approximate surface area is 174 Å². The standard InChI is InChI=1S/C20H16N4O3S2/c21-18(25)15-8-13(9-22-15)16-11-29-20(23-16)24-19(26)17-12(6-7-27-17)10-28-14-4-2-1-3-5-14/h1-9,11,22H,10H2,(H2,21,25)(H,23,24,26). The van der Waals surface area contributed by atoms with E-state index in [0.29, 0.717) is 27.8 Å². The van der Waals surface area contributed by atoms with Crippen LogP contribution in [0.5, 0.6) is 0 Å². The van der Waals surface area contributed by atoms with Crippen LogP contribution >= 0.6 is 23.1 Å². The molecule has 0 aliphatic heterocycles. The average molecular weight is 425 g/mol. The minimum absolute atomic E-state index is 0.267. The fraction of sp³-hybridized carbons (Fsp3) is 0.0500. The monoisotopic (exact) mass is 424 g/mol. The van der Waals surface area contributed by atoms with Gasteiger partial charge in [0.1, 0.15) is 5.69 Å². The molecule has 2 amide bonds. The van der Waals surface area contributed by atoms with Gasteiger partial charge in [-0.25, -0.2) is 4.98 Å². The van der Waals surface area contributed by atoms with Crippen LogP contribution in [0.3, 0.4) is 0 Å². The first kappa shape index (κ1) is 19.0. The number of amides is 2. The van der Waals surface area contributed by atoms with Gasteiger partial charge in [0.05, 0.1) is 12.0 Å². The molecule has 0 atom stereocenters. The number of rotatable bonds is 7. The Bertz CT molecular complexity index is 1150. The van der Waals surface area contributed by atoms with Crippen molar-refractivity contribution >= 4 is 40.0 Å². The number of hydrogen-bond donors (Lipinski definition) is 3. The SMILES string of the molecule is NC(=O)c1cc(-c2csc(NC(=O)c3occc3CSc3ccccc3)n2)c[nH]1. The van der Waals surface area contributed by atoms with E-state index < -0.39 is 5.91 Å². The van der Waals surface area contributed by atoms with E-state index in [1.807, 2.05) is 30.3 Å². The van der Waals surface area contributed by atoms with Crippen molar-refractivity contribution in [3.63, 3.8) is 0 Å². The number of carbonyl (C=O) groups is 2. The second kappa shape index (κ2) is 8.38. The number of hydrogen-bond acceptors (Lipinski definition) is 6. The van der Waals surface area contributed by atoms with Gasteiger partial charge in [0.15, 0.2) is 10.9 Å². The van der Waals surface area contributed by atoms with E-state index in [9.17, 15) is 9.59 Å². The van der Waals surface area contributed by atoms with E-state index in [0.717, 1.165) is 10.5 Å². The summed E-state index contributed by atoms with van der Waals surface area (Å²) in [6, 6.07) is 13.4. The lowest BCUT2D eigenvalue weighted by atomic mass is 10.2. The van der Waals surface area contributed by atoms with Crippen LogP contribution in [0.4, 0.5) is 5.13 Å². The normalized spacial score (nSPS) is 10.8. The summed E-state index contributed by atoms with van der Waals surface area (Å²) in [5.74, 6) is -0.0148. The molecular weight excluding hydrogens is 408 g/mol. The Hall–Kier alpha value is -3.30. The molecule has 146 valence electrons. The van der Waals surface area contributed by atoms with Gasteiger partial charge in [-0.2, -0.15) is 0 Å². The maximum atomic E-state index is 12.6. The van der Waals surface area contributed by atoms with Crippen molar-refractivity contribution in [3.8, 4) is 11.3 Å². The first-order chi connectivity index (χ1) is 14.1. The van der Waals surface area contributed by atoms with E-state index >= 15 is 0 Å². The highest BCUT2D eigenvalue weighted by atomic mass is 32.2. The van der Waals surface area contributed by atoms with Gasteiger partial charge in [0.25, 0.3) is 11.8 Å².